The summed E-state index contributed by atoms with van der Waals surface area (Å²) < 4.78 is 0. The lowest BCUT2D eigenvalue weighted by Crippen LogP contribution is -2.29. The molecule has 1 fully saturated rings. The van der Waals surface area contributed by atoms with E-state index in [4.69, 9.17) is 0 Å². The number of hydrogen-bond acceptors (Lipinski definition) is 1. The summed E-state index contributed by atoms with van der Waals surface area (Å²) in [5.41, 5.74) is 0. The first-order chi connectivity index (χ1) is 6.34. The van der Waals surface area contributed by atoms with Gasteiger partial charge >= 0.3 is 0 Å². The number of likely N-dealkylation sites (tertiary alicyclic amines) is 1. The van der Waals surface area contributed by atoms with Crippen LogP contribution in [0.1, 0.15) is 58.8 Å². The van der Waals surface area contributed by atoms with Crippen LogP contribution in [0.4, 0.5) is 0 Å². The number of unbranched alkanes of at least 4 members (excludes halogenated alkanes) is 3. The SMILES string of the molecule is CCCCCC[C@H](C)N1CCCC1. The van der Waals surface area contributed by atoms with Crippen molar-refractivity contribution in [3.05, 3.63) is 0 Å². The minimum atomic E-state index is 0.847. The third kappa shape index (κ3) is 4.12. The van der Waals surface area contributed by atoms with Gasteiger partial charge in [-0.25, -0.2) is 0 Å². The fraction of sp³-hybridized carbons (Fsp3) is 1.00. The predicted molar refractivity (Wildman–Crippen MR) is 59.0 cm³/mol. The van der Waals surface area contributed by atoms with Crippen LogP contribution in [0.15, 0.2) is 0 Å². The Labute approximate surface area is 83.5 Å². The molecule has 0 aromatic rings. The molecule has 1 heterocycles. The van der Waals surface area contributed by atoms with Gasteiger partial charge in [0.15, 0.2) is 0 Å². The van der Waals surface area contributed by atoms with E-state index in [0.29, 0.717) is 0 Å². The molecule has 1 saturated heterocycles. The van der Waals surface area contributed by atoms with Gasteiger partial charge in [0, 0.05) is 6.04 Å². The minimum absolute atomic E-state index is 0.847. The van der Waals surface area contributed by atoms with Gasteiger partial charge in [-0.15, -0.1) is 0 Å². The zero-order valence-electron chi connectivity index (χ0n) is 9.39. The van der Waals surface area contributed by atoms with Crippen molar-refractivity contribution >= 4 is 0 Å². The van der Waals surface area contributed by atoms with E-state index in [1.54, 1.807) is 0 Å². The largest absolute Gasteiger partial charge is 0.301 e. The Balaban J connectivity index is 1.99. The lowest BCUT2D eigenvalue weighted by atomic mass is 10.1. The molecule has 0 aliphatic carbocycles. The molecule has 1 rings (SSSR count). The molecule has 0 saturated carbocycles. The molecule has 78 valence electrons. The maximum absolute atomic E-state index is 2.66. The molecule has 0 N–H and O–H groups in total. The molecule has 1 aliphatic rings. The van der Waals surface area contributed by atoms with Crippen molar-refractivity contribution in [3.8, 4) is 0 Å². The van der Waals surface area contributed by atoms with Crippen molar-refractivity contribution in [1.82, 2.24) is 4.90 Å². The zero-order chi connectivity index (χ0) is 9.52. The number of hydrogen-bond donors (Lipinski definition) is 0. The summed E-state index contributed by atoms with van der Waals surface area (Å²) in [5.74, 6) is 0. The van der Waals surface area contributed by atoms with E-state index >= 15 is 0 Å². The summed E-state index contributed by atoms with van der Waals surface area (Å²) in [6.45, 7) is 7.39. The van der Waals surface area contributed by atoms with Crippen LogP contribution in [0.25, 0.3) is 0 Å². The molecule has 13 heavy (non-hydrogen) atoms. The maximum atomic E-state index is 2.66. The lowest BCUT2D eigenvalue weighted by Gasteiger charge is -2.23. The summed E-state index contributed by atoms with van der Waals surface area (Å²) in [6, 6.07) is 0.847. The molecule has 0 radical (unpaired) electrons. The summed E-state index contributed by atoms with van der Waals surface area (Å²) in [5, 5.41) is 0. The third-order valence-corrected chi connectivity index (χ3v) is 3.24. The quantitative estimate of drug-likeness (QED) is 0.570. The molecule has 0 bridgehead atoms. The van der Waals surface area contributed by atoms with E-state index in [9.17, 15) is 0 Å². The van der Waals surface area contributed by atoms with Gasteiger partial charge in [-0.2, -0.15) is 0 Å². The normalized spacial score (nSPS) is 20.8. The van der Waals surface area contributed by atoms with Crippen LogP contribution in [0.3, 0.4) is 0 Å². The van der Waals surface area contributed by atoms with E-state index in [0.717, 1.165) is 6.04 Å². The standard InChI is InChI=1S/C12H25N/c1-3-4-5-6-9-12(2)13-10-7-8-11-13/h12H,3-11H2,1-2H3/t12-/m0/s1. The summed E-state index contributed by atoms with van der Waals surface area (Å²) in [7, 11) is 0. The first-order valence-corrected chi connectivity index (χ1v) is 6.08. The van der Waals surface area contributed by atoms with Crippen LogP contribution in [-0.2, 0) is 0 Å². The first-order valence-electron chi connectivity index (χ1n) is 6.08. The van der Waals surface area contributed by atoms with Gasteiger partial charge in [0.2, 0.25) is 0 Å². The Morgan fingerprint density at radius 1 is 1.08 bits per heavy atom. The summed E-state index contributed by atoms with van der Waals surface area (Å²) in [4.78, 5) is 2.66. The highest BCUT2D eigenvalue weighted by molar-refractivity contribution is 4.72. The zero-order valence-corrected chi connectivity index (χ0v) is 9.39. The van der Waals surface area contributed by atoms with Gasteiger partial charge in [-0.05, 0) is 39.3 Å². The van der Waals surface area contributed by atoms with E-state index in [1.807, 2.05) is 0 Å². The molecule has 0 amide bonds. The second-order valence-corrected chi connectivity index (χ2v) is 4.44. The van der Waals surface area contributed by atoms with Gasteiger partial charge in [0.1, 0.15) is 0 Å². The number of rotatable bonds is 6. The molecule has 0 aromatic heterocycles. The van der Waals surface area contributed by atoms with E-state index in [1.165, 1.54) is 58.0 Å². The molecule has 1 atom stereocenters. The lowest BCUT2D eigenvalue weighted by molar-refractivity contribution is 0.242. The van der Waals surface area contributed by atoms with Crippen LogP contribution < -0.4 is 0 Å². The van der Waals surface area contributed by atoms with Crippen molar-refractivity contribution in [2.75, 3.05) is 13.1 Å². The topological polar surface area (TPSA) is 3.24 Å². The number of nitrogens with zero attached hydrogens (tertiary/aromatic N) is 1. The minimum Gasteiger partial charge on any atom is -0.301 e. The Morgan fingerprint density at radius 2 is 1.77 bits per heavy atom. The summed E-state index contributed by atoms with van der Waals surface area (Å²) >= 11 is 0. The van der Waals surface area contributed by atoms with Crippen LogP contribution >= 0.6 is 0 Å². The molecule has 1 nitrogen and oxygen atoms in total. The van der Waals surface area contributed by atoms with Crippen LogP contribution in [0, 0.1) is 0 Å². The second-order valence-electron chi connectivity index (χ2n) is 4.44. The van der Waals surface area contributed by atoms with E-state index in [2.05, 4.69) is 18.7 Å². The van der Waals surface area contributed by atoms with E-state index < -0.39 is 0 Å². The Kier molecular flexibility index (Phi) is 5.45. The highest BCUT2D eigenvalue weighted by Gasteiger charge is 2.16. The van der Waals surface area contributed by atoms with Gasteiger partial charge in [0.05, 0.1) is 0 Å². The average Bonchev–Trinajstić information content (AvgIpc) is 2.65. The van der Waals surface area contributed by atoms with Crippen LogP contribution in [0.2, 0.25) is 0 Å². The monoisotopic (exact) mass is 183 g/mol. The average molecular weight is 183 g/mol. The maximum Gasteiger partial charge on any atom is 0.00669 e. The van der Waals surface area contributed by atoms with Crippen molar-refractivity contribution in [2.24, 2.45) is 0 Å². The Morgan fingerprint density at radius 3 is 2.38 bits per heavy atom. The molecule has 0 aromatic carbocycles. The summed E-state index contributed by atoms with van der Waals surface area (Å²) in [6.07, 6.45) is 9.93. The first kappa shape index (κ1) is 11.0. The molecular weight excluding hydrogens is 158 g/mol. The van der Waals surface area contributed by atoms with Crippen molar-refractivity contribution in [2.45, 2.75) is 64.8 Å². The Bertz CT molecular complexity index is 116. The van der Waals surface area contributed by atoms with Gasteiger partial charge in [-0.3, -0.25) is 0 Å². The van der Waals surface area contributed by atoms with Crippen molar-refractivity contribution < 1.29 is 0 Å². The molecule has 0 unspecified atom stereocenters. The molecule has 1 aliphatic heterocycles. The van der Waals surface area contributed by atoms with Crippen LogP contribution in [0.5, 0.6) is 0 Å². The molecular formula is C12H25N. The van der Waals surface area contributed by atoms with Crippen molar-refractivity contribution in [1.29, 1.82) is 0 Å². The van der Waals surface area contributed by atoms with Gasteiger partial charge < -0.3 is 4.90 Å². The van der Waals surface area contributed by atoms with Crippen molar-refractivity contribution in [3.63, 3.8) is 0 Å². The van der Waals surface area contributed by atoms with E-state index in [-0.39, 0.29) is 0 Å². The highest BCUT2D eigenvalue weighted by atomic mass is 15.2. The fourth-order valence-electron chi connectivity index (χ4n) is 2.23. The molecule has 1 heteroatoms. The van der Waals surface area contributed by atoms with Gasteiger partial charge in [0.25, 0.3) is 0 Å². The Hall–Kier alpha value is -0.0400. The smallest absolute Gasteiger partial charge is 0.00669 e. The molecule has 0 spiro atoms. The van der Waals surface area contributed by atoms with Crippen LogP contribution in [-0.4, -0.2) is 24.0 Å². The fourth-order valence-corrected chi connectivity index (χ4v) is 2.23. The highest BCUT2D eigenvalue weighted by Crippen LogP contribution is 2.16. The predicted octanol–water partition coefficient (Wildman–Crippen LogP) is 3.44. The van der Waals surface area contributed by atoms with Gasteiger partial charge in [-0.1, -0.05) is 32.6 Å². The second kappa shape index (κ2) is 6.42. The third-order valence-electron chi connectivity index (χ3n) is 3.24.